The zero-order chi connectivity index (χ0) is 19.6. The summed E-state index contributed by atoms with van der Waals surface area (Å²) < 4.78 is 5.26. The zero-order valence-electron chi connectivity index (χ0n) is 17.0. The number of carbonyl (C=O) groups excluding carboxylic acids is 2. The lowest BCUT2D eigenvalue weighted by atomic mass is 9.88. The van der Waals surface area contributed by atoms with Crippen LogP contribution < -0.4 is 4.74 Å². The molecule has 2 fully saturated rings. The van der Waals surface area contributed by atoms with E-state index >= 15 is 0 Å². The molecule has 2 heterocycles. The van der Waals surface area contributed by atoms with Crippen molar-refractivity contribution in [2.24, 2.45) is 11.3 Å². The molecule has 3 rings (SSSR count). The summed E-state index contributed by atoms with van der Waals surface area (Å²) in [5.41, 5.74) is 1.06. The molecule has 2 saturated heterocycles. The number of rotatable bonds is 4. The highest BCUT2D eigenvalue weighted by Crippen LogP contribution is 2.36. The van der Waals surface area contributed by atoms with Crippen LogP contribution in [0.25, 0.3) is 0 Å². The minimum Gasteiger partial charge on any atom is -0.497 e. The van der Waals surface area contributed by atoms with Crippen LogP contribution >= 0.6 is 0 Å². The molecule has 1 aromatic rings. The van der Waals surface area contributed by atoms with Gasteiger partial charge in [0.15, 0.2) is 0 Å². The normalized spacial score (nSPS) is 23.0. The van der Waals surface area contributed by atoms with Gasteiger partial charge in [-0.25, -0.2) is 0 Å². The maximum atomic E-state index is 13.2. The van der Waals surface area contributed by atoms with Gasteiger partial charge in [-0.1, -0.05) is 32.9 Å². The lowest BCUT2D eigenvalue weighted by Gasteiger charge is -2.24. The molecule has 0 N–H and O–H groups in total. The van der Waals surface area contributed by atoms with E-state index in [1.54, 1.807) is 7.11 Å². The SMILES string of the molecule is COc1ccc([C@H]2CN(C(=O)CC(C)(C)C)C[C@H]2C(=O)N2CCCC2)cc1. The summed E-state index contributed by atoms with van der Waals surface area (Å²) in [6, 6.07) is 7.94. The third-order valence-electron chi connectivity index (χ3n) is 5.63. The second kappa shape index (κ2) is 7.91. The van der Waals surface area contributed by atoms with E-state index in [9.17, 15) is 9.59 Å². The van der Waals surface area contributed by atoms with Crippen LogP contribution in [0.5, 0.6) is 5.75 Å². The molecule has 0 aliphatic carbocycles. The van der Waals surface area contributed by atoms with Gasteiger partial charge in [0, 0.05) is 38.5 Å². The van der Waals surface area contributed by atoms with Gasteiger partial charge in [0.1, 0.15) is 5.75 Å². The molecule has 2 atom stereocenters. The Morgan fingerprint density at radius 3 is 2.22 bits per heavy atom. The van der Waals surface area contributed by atoms with Crippen molar-refractivity contribution in [3.8, 4) is 5.75 Å². The lowest BCUT2D eigenvalue weighted by Crippen LogP contribution is -2.38. The number of likely N-dealkylation sites (tertiary alicyclic amines) is 2. The molecule has 2 aliphatic rings. The molecule has 148 valence electrons. The summed E-state index contributed by atoms with van der Waals surface area (Å²) in [7, 11) is 1.65. The first-order chi connectivity index (χ1) is 12.8. The van der Waals surface area contributed by atoms with Crippen molar-refractivity contribution in [1.29, 1.82) is 0 Å². The molecule has 5 nitrogen and oxygen atoms in total. The number of hydrogen-bond donors (Lipinski definition) is 0. The summed E-state index contributed by atoms with van der Waals surface area (Å²) in [6.07, 6.45) is 2.67. The van der Waals surface area contributed by atoms with Crippen LogP contribution in [0.3, 0.4) is 0 Å². The number of ether oxygens (including phenoxy) is 1. The van der Waals surface area contributed by atoms with Gasteiger partial charge in [0.05, 0.1) is 13.0 Å². The summed E-state index contributed by atoms with van der Waals surface area (Å²) in [6.45, 7) is 9.08. The minimum atomic E-state index is -0.152. The van der Waals surface area contributed by atoms with E-state index in [2.05, 4.69) is 20.8 Å². The van der Waals surface area contributed by atoms with Crippen molar-refractivity contribution in [2.45, 2.75) is 46.0 Å². The molecule has 2 aliphatic heterocycles. The number of carbonyl (C=O) groups is 2. The molecule has 0 saturated carbocycles. The second-order valence-corrected chi connectivity index (χ2v) is 9.05. The fraction of sp³-hybridized carbons (Fsp3) is 0.636. The van der Waals surface area contributed by atoms with E-state index in [-0.39, 0.29) is 29.1 Å². The predicted octanol–water partition coefficient (Wildman–Crippen LogP) is 3.30. The van der Waals surface area contributed by atoms with Crippen LogP contribution in [-0.2, 0) is 9.59 Å². The van der Waals surface area contributed by atoms with Gasteiger partial charge in [0.25, 0.3) is 0 Å². The monoisotopic (exact) mass is 372 g/mol. The molecule has 0 bridgehead atoms. The van der Waals surface area contributed by atoms with Crippen molar-refractivity contribution < 1.29 is 14.3 Å². The topological polar surface area (TPSA) is 49.9 Å². The van der Waals surface area contributed by atoms with Gasteiger partial charge in [-0.3, -0.25) is 9.59 Å². The van der Waals surface area contributed by atoms with E-state index in [0.29, 0.717) is 19.5 Å². The van der Waals surface area contributed by atoms with E-state index in [0.717, 1.165) is 37.2 Å². The Balaban J connectivity index is 1.82. The summed E-state index contributed by atoms with van der Waals surface area (Å²) in [4.78, 5) is 29.9. The average Bonchev–Trinajstić information content (AvgIpc) is 3.30. The van der Waals surface area contributed by atoms with Crippen molar-refractivity contribution >= 4 is 11.8 Å². The summed E-state index contributed by atoms with van der Waals surface area (Å²) in [5.74, 6) is 1.06. The molecule has 5 heteroatoms. The quantitative estimate of drug-likeness (QED) is 0.815. The Bertz CT molecular complexity index is 672. The smallest absolute Gasteiger partial charge is 0.228 e. The van der Waals surface area contributed by atoms with Gasteiger partial charge < -0.3 is 14.5 Å². The first kappa shape index (κ1) is 19.7. The van der Waals surface area contributed by atoms with Crippen molar-refractivity contribution in [2.75, 3.05) is 33.3 Å². The number of hydrogen-bond acceptors (Lipinski definition) is 3. The lowest BCUT2D eigenvalue weighted by molar-refractivity contribution is -0.135. The van der Waals surface area contributed by atoms with Crippen LogP contribution in [-0.4, -0.2) is 54.9 Å². The van der Waals surface area contributed by atoms with E-state index in [1.807, 2.05) is 34.1 Å². The van der Waals surface area contributed by atoms with Crippen LogP contribution in [0.1, 0.15) is 51.5 Å². The van der Waals surface area contributed by atoms with Crippen molar-refractivity contribution in [1.82, 2.24) is 9.80 Å². The molecule has 0 spiro atoms. The summed E-state index contributed by atoms with van der Waals surface area (Å²) in [5, 5.41) is 0. The van der Waals surface area contributed by atoms with Gasteiger partial charge in [-0.2, -0.15) is 0 Å². The van der Waals surface area contributed by atoms with Gasteiger partial charge in [-0.05, 0) is 36.0 Å². The van der Waals surface area contributed by atoms with E-state index < -0.39 is 0 Å². The Kier molecular flexibility index (Phi) is 5.78. The first-order valence-electron chi connectivity index (χ1n) is 9.99. The third kappa shape index (κ3) is 4.63. The van der Waals surface area contributed by atoms with Gasteiger partial charge >= 0.3 is 0 Å². The average molecular weight is 373 g/mol. The maximum Gasteiger partial charge on any atom is 0.228 e. The maximum absolute atomic E-state index is 13.2. The zero-order valence-corrected chi connectivity index (χ0v) is 17.0. The molecule has 0 radical (unpaired) electrons. The van der Waals surface area contributed by atoms with Crippen LogP contribution in [0.15, 0.2) is 24.3 Å². The Morgan fingerprint density at radius 2 is 1.67 bits per heavy atom. The first-order valence-corrected chi connectivity index (χ1v) is 9.99. The molecular weight excluding hydrogens is 340 g/mol. The highest BCUT2D eigenvalue weighted by Gasteiger charge is 2.42. The minimum absolute atomic E-state index is 0.0490. The summed E-state index contributed by atoms with van der Waals surface area (Å²) >= 11 is 0. The van der Waals surface area contributed by atoms with E-state index in [4.69, 9.17) is 4.74 Å². The van der Waals surface area contributed by atoms with Crippen LogP contribution in [0, 0.1) is 11.3 Å². The molecule has 0 unspecified atom stereocenters. The largest absolute Gasteiger partial charge is 0.497 e. The third-order valence-corrected chi connectivity index (χ3v) is 5.63. The van der Waals surface area contributed by atoms with Gasteiger partial charge in [-0.15, -0.1) is 0 Å². The highest BCUT2D eigenvalue weighted by atomic mass is 16.5. The molecule has 2 amide bonds. The number of nitrogens with zero attached hydrogens (tertiary/aromatic N) is 2. The standard InChI is InChI=1S/C22H32N2O3/c1-22(2,3)13-20(25)24-14-18(16-7-9-17(27-4)10-8-16)19(15-24)21(26)23-11-5-6-12-23/h7-10,18-19H,5-6,11-15H2,1-4H3/t18-,19-/m1/s1. The molecule has 0 aromatic heterocycles. The molecule has 1 aromatic carbocycles. The Labute approximate surface area is 162 Å². The predicted molar refractivity (Wildman–Crippen MR) is 106 cm³/mol. The Morgan fingerprint density at radius 1 is 1.04 bits per heavy atom. The highest BCUT2D eigenvalue weighted by molar-refractivity contribution is 5.84. The van der Waals surface area contributed by atoms with Gasteiger partial charge in [0.2, 0.25) is 11.8 Å². The fourth-order valence-electron chi connectivity index (χ4n) is 4.18. The number of benzene rings is 1. The molecular formula is C22H32N2O3. The second-order valence-electron chi connectivity index (χ2n) is 9.05. The number of amides is 2. The van der Waals surface area contributed by atoms with E-state index in [1.165, 1.54) is 0 Å². The Hall–Kier alpha value is -2.04. The van der Waals surface area contributed by atoms with Crippen molar-refractivity contribution in [3.05, 3.63) is 29.8 Å². The fourth-order valence-corrected chi connectivity index (χ4v) is 4.18. The van der Waals surface area contributed by atoms with Crippen molar-refractivity contribution in [3.63, 3.8) is 0 Å². The van der Waals surface area contributed by atoms with Crippen LogP contribution in [0.2, 0.25) is 0 Å². The number of methoxy groups -OCH3 is 1. The van der Waals surface area contributed by atoms with Crippen LogP contribution in [0.4, 0.5) is 0 Å². The molecule has 27 heavy (non-hydrogen) atoms.